The van der Waals surface area contributed by atoms with Gasteiger partial charge < -0.3 is 5.32 Å². The van der Waals surface area contributed by atoms with E-state index in [1.807, 2.05) is 5.38 Å². The second-order valence-electron chi connectivity index (χ2n) is 5.47. The predicted molar refractivity (Wildman–Crippen MR) is 87.2 cm³/mol. The van der Waals surface area contributed by atoms with Crippen molar-refractivity contribution in [1.29, 1.82) is 0 Å². The SMILES string of the molecule is O=c1cc(CSC2=N[C@@H]3CCCC[C@H]3N2)nc2sccn12. The monoisotopic (exact) mass is 320 g/mol. The summed E-state index contributed by atoms with van der Waals surface area (Å²) >= 11 is 3.14. The molecule has 2 aliphatic rings. The van der Waals surface area contributed by atoms with E-state index in [4.69, 9.17) is 4.99 Å². The van der Waals surface area contributed by atoms with Crippen LogP contribution in [0.15, 0.2) is 27.4 Å². The molecule has 7 heteroatoms. The summed E-state index contributed by atoms with van der Waals surface area (Å²) in [6, 6.07) is 2.61. The van der Waals surface area contributed by atoms with Crippen LogP contribution in [0.1, 0.15) is 31.4 Å². The van der Waals surface area contributed by atoms with E-state index in [1.165, 1.54) is 37.0 Å². The average molecular weight is 320 g/mol. The molecule has 0 radical (unpaired) electrons. The van der Waals surface area contributed by atoms with Crippen LogP contribution < -0.4 is 10.9 Å². The minimum Gasteiger partial charge on any atom is -0.360 e. The van der Waals surface area contributed by atoms with Crippen molar-refractivity contribution in [2.24, 2.45) is 4.99 Å². The summed E-state index contributed by atoms with van der Waals surface area (Å²) < 4.78 is 1.58. The molecule has 110 valence electrons. The number of fused-ring (bicyclic) bond motifs is 2. The number of amidine groups is 1. The Balaban J connectivity index is 1.47. The molecular formula is C14H16N4OS2. The number of aliphatic imine (C=N–C) groups is 1. The van der Waals surface area contributed by atoms with Crippen molar-refractivity contribution in [2.75, 3.05) is 0 Å². The maximum absolute atomic E-state index is 11.9. The van der Waals surface area contributed by atoms with Crippen molar-refractivity contribution in [3.8, 4) is 0 Å². The van der Waals surface area contributed by atoms with Crippen LogP contribution in [0.25, 0.3) is 4.96 Å². The number of aromatic nitrogens is 2. The van der Waals surface area contributed by atoms with Gasteiger partial charge in [0.2, 0.25) is 0 Å². The fraction of sp³-hybridized carbons (Fsp3) is 0.500. The Kier molecular flexibility index (Phi) is 3.46. The number of hydrogen-bond donors (Lipinski definition) is 1. The Bertz CT molecular complexity index is 751. The molecule has 1 N–H and O–H groups in total. The molecule has 1 fully saturated rings. The van der Waals surface area contributed by atoms with Crippen molar-refractivity contribution >= 4 is 33.2 Å². The van der Waals surface area contributed by atoms with Gasteiger partial charge in [-0.25, -0.2) is 4.98 Å². The molecule has 2 aromatic rings. The first-order valence-electron chi connectivity index (χ1n) is 7.22. The van der Waals surface area contributed by atoms with Crippen molar-refractivity contribution in [1.82, 2.24) is 14.7 Å². The summed E-state index contributed by atoms with van der Waals surface area (Å²) in [5, 5.41) is 6.41. The molecule has 4 rings (SSSR count). The molecule has 0 bridgehead atoms. The molecule has 1 aliphatic carbocycles. The predicted octanol–water partition coefficient (Wildman–Crippen LogP) is 2.26. The Morgan fingerprint density at radius 2 is 2.33 bits per heavy atom. The van der Waals surface area contributed by atoms with Crippen molar-refractivity contribution in [2.45, 2.75) is 43.5 Å². The highest BCUT2D eigenvalue weighted by Crippen LogP contribution is 2.27. The van der Waals surface area contributed by atoms with Gasteiger partial charge in [-0.1, -0.05) is 24.6 Å². The van der Waals surface area contributed by atoms with Crippen LogP contribution in [0.5, 0.6) is 0 Å². The molecule has 0 saturated heterocycles. The van der Waals surface area contributed by atoms with E-state index in [0.717, 1.165) is 15.8 Å². The van der Waals surface area contributed by atoms with Gasteiger partial charge in [0.15, 0.2) is 10.1 Å². The summed E-state index contributed by atoms with van der Waals surface area (Å²) in [7, 11) is 0. The fourth-order valence-electron chi connectivity index (χ4n) is 2.96. The first-order valence-corrected chi connectivity index (χ1v) is 9.09. The molecule has 5 nitrogen and oxygen atoms in total. The molecule has 3 heterocycles. The van der Waals surface area contributed by atoms with Gasteiger partial charge >= 0.3 is 0 Å². The number of hydrogen-bond acceptors (Lipinski definition) is 6. The lowest BCUT2D eigenvalue weighted by atomic mass is 9.92. The first kappa shape index (κ1) is 13.3. The van der Waals surface area contributed by atoms with Crippen molar-refractivity contribution < 1.29 is 0 Å². The third kappa shape index (κ3) is 2.60. The standard InChI is InChI=1S/C14H16N4OS2/c19-12-7-9(15-14-18(12)5-6-20-14)8-21-13-16-10-3-1-2-4-11(10)17-13/h5-7,10-11H,1-4,8H2,(H,16,17)/t10-,11-/m1/s1. The molecule has 1 saturated carbocycles. The molecule has 2 aromatic heterocycles. The summed E-state index contributed by atoms with van der Waals surface area (Å²) in [4.78, 5) is 22.0. The lowest BCUT2D eigenvalue weighted by Crippen LogP contribution is -2.36. The van der Waals surface area contributed by atoms with E-state index >= 15 is 0 Å². The summed E-state index contributed by atoms with van der Waals surface area (Å²) in [5.74, 6) is 0.689. The molecule has 0 amide bonds. The zero-order valence-corrected chi connectivity index (χ0v) is 13.1. The Labute approximate surface area is 130 Å². The number of rotatable bonds is 2. The highest BCUT2D eigenvalue weighted by molar-refractivity contribution is 8.13. The zero-order chi connectivity index (χ0) is 14.2. The van der Waals surface area contributed by atoms with Gasteiger partial charge in [-0.15, -0.1) is 11.3 Å². The van der Waals surface area contributed by atoms with Crippen LogP contribution in [0.3, 0.4) is 0 Å². The maximum atomic E-state index is 11.9. The third-order valence-electron chi connectivity index (χ3n) is 4.03. The maximum Gasteiger partial charge on any atom is 0.258 e. The molecular weight excluding hydrogens is 304 g/mol. The zero-order valence-electron chi connectivity index (χ0n) is 11.5. The molecule has 1 aliphatic heterocycles. The largest absolute Gasteiger partial charge is 0.360 e. The minimum atomic E-state index is -0.00756. The fourth-order valence-corrected chi connectivity index (χ4v) is 4.58. The second kappa shape index (κ2) is 5.46. The van der Waals surface area contributed by atoms with E-state index in [0.29, 0.717) is 17.8 Å². The summed E-state index contributed by atoms with van der Waals surface area (Å²) in [5.41, 5.74) is 0.818. The minimum absolute atomic E-state index is 0.00756. The van der Waals surface area contributed by atoms with E-state index < -0.39 is 0 Å². The van der Waals surface area contributed by atoms with Crippen LogP contribution in [-0.4, -0.2) is 26.6 Å². The van der Waals surface area contributed by atoms with Crippen LogP contribution in [0, 0.1) is 0 Å². The van der Waals surface area contributed by atoms with Crippen LogP contribution >= 0.6 is 23.1 Å². The lowest BCUT2D eigenvalue weighted by Gasteiger charge is -2.23. The van der Waals surface area contributed by atoms with Crippen molar-refractivity contribution in [3.05, 3.63) is 33.7 Å². The smallest absolute Gasteiger partial charge is 0.258 e. The number of thiazole rings is 1. The summed E-state index contributed by atoms with van der Waals surface area (Å²) in [6.07, 6.45) is 6.77. The Morgan fingerprint density at radius 3 is 3.24 bits per heavy atom. The number of thioether (sulfide) groups is 1. The molecule has 2 atom stereocenters. The second-order valence-corrected chi connectivity index (χ2v) is 7.30. The van der Waals surface area contributed by atoms with Gasteiger partial charge in [0.25, 0.3) is 5.56 Å². The van der Waals surface area contributed by atoms with Gasteiger partial charge in [-0.05, 0) is 12.8 Å². The highest BCUT2D eigenvalue weighted by atomic mass is 32.2. The molecule has 0 spiro atoms. The van der Waals surface area contributed by atoms with Crippen LogP contribution in [0.2, 0.25) is 0 Å². The molecule has 21 heavy (non-hydrogen) atoms. The van der Waals surface area contributed by atoms with Gasteiger partial charge in [-0.3, -0.25) is 14.2 Å². The van der Waals surface area contributed by atoms with Gasteiger partial charge in [-0.2, -0.15) is 0 Å². The molecule has 0 aromatic carbocycles. The topological polar surface area (TPSA) is 58.8 Å². The lowest BCUT2D eigenvalue weighted by molar-refractivity contribution is 0.385. The number of nitrogens with zero attached hydrogens (tertiary/aromatic N) is 3. The van der Waals surface area contributed by atoms with E-state index in [2.05, 4.69) is 10.3 Å². The van der Waals surface area contributed by atoms with Gasteiger partial charge in [0, 0.05) is 23.4 Å². The summed E-state index contributed by atoms with van der Waals surface area (Å²) in [6.45, 7) is 0. The quantitative estimate of drug-likeness (QED) is 0.922. The first-order chi connectivity index (χ1) is 10.3. The van der Waals surface area contributed by atoms with Crippen molar-refractivity contribution in [3.63, 3.8) is 0 Å². The average Bonchev–Trinajstić information content (AvgIpc) is 3.11. The van der Waals surface area contributed by atoms with Gasteiger partial charge in [0.05, 0.1) is 17.8 Å². The Hall–Kier alpha value is -1.34. The number of nitrogens with one attached hydrogen (secondary N) is 1. The third-order valence-corrected chi connectivity index (χ3v) is 5.73. The van der Waals surface area contributed by atoms with E-state index in [9.17, 15) is 4.79 Å². The van der Waals surface area contributed by atoms with E-state index in [1.54, 1.807) is 28.4 Å². The highest BCUT2D eigenvalue weighted by Gasteiger charge is 2.30. The van der Waals surface area contributed by atoms with Crippen LogP contribution in [-0.2, 0) is 5.75 Å². The molecule has 0 unspecified atom stereocenters. The van der Waals surface area contributed by atoms with E-state index in [-0.39, 0.29) is 5.56 Å². The van der Waals surface area contributed by atoms with Gasteiger partial charge in [0.1, 0.15) is 0 Å². The van der Waals surface area contributed by atoms with Crippen LogP contribution in [0.4, 0.5) is 0 Å². The Morgan fingerprint density at radius 1 is 1.43 bits per heavy atom. The normalized spacial score (nSPS) is 24.7.